The van der Waals surface area contributed by atoms with E-state index in [1.54, 1.807) is 7.11 Å². The number of rotatable bonds is 7. The van der Waals surface area contributed by atoms with Gasteiger partial charge in [0.25, 0.3) is 0 Å². The van der Waals surface area contributed by atoms with Crippen LogP contribution in [0.4, 0.5) is 5.69 Å². The van der Waals surface area contributed by atoms with Crippen molar-refractivity contribution in [3.63, 3.8) is 0 Å². The highest BCUT2D eigenvalue weighted by molar-refractivity contribution is 7.91. The van der Waals surface area contributed by atoms with Crippen molar-refractivity contribution in [3.05, 3.63) is 95.6 Å². The molecule has 0 aromatic heterocycles. The van der Waals surface area contributed by atoms with Gasteiger partial charge in [-0.05, 0) is 29.3 Å². The molecule has 33 heavy (non-hydrogen) atoms. The monoisotopic (exact) mass is 464 g/mol. The minimum absolute atomic E-state index is 0.0629. The summed E-state index contributed by atoms with van der Waals surface area (Å²) in [6.45, 7) is 0.661. The smallest absolute Gasteiger partial charge is 0.246 e. The molecule has 4 rings (SSSR count). The summed E-state index contributed by atoms with van der Waals surface area (Å²) in [6.07, 6.45) is 0.680. The molecule has 1 saturated heterocycles. The van der Waals surface area contributed by atoms with E-state index in [1.807, 2.05) is 71.6 Å². The third kappa shape index (κ3) is 5.80. The summed E-state index contributed by atoms with van der Waals surface area (Å²) in [5, 5.41) is 3.05. The summed E-state index contributed by atoms with van der Waals surface area (Å²) in [5.41, 5.74) is 3.64. The number of benzene rings is 3. The summed E-state index contributed by atoms with van der Waals surface area (Å²) >= 11 is 0. The maximum absolute atomic E-state index is 13.5. The van der Waals surface area contributed by atoms with Gasteiger partial charge in [-0.15, -0.1) is 0 Å². The number of sulfone groups is 1. The van der Waals surface area contributed by atoms with Gasteiger partial charge in [-0.25, -0.2) is 8.42 Å². The Labute approximate surface area is 195 Å². The van der Waals surface area contributed by atoms with Crippen molar-refractivity contribution in [2.24, 2.45) is 0 Å². The highest BCUT2D eigenvalue weighted by Crippen LogP contribution is 2.28. The topological polar surface area (TPSA) is 75.7 Å². The SMILES string of the molecule is COc1ccc(NC(=O)C(c2ccccc2)N2CCS(=O)(=O)CC2)cc1Cc1ccccc1. The molecule has 0 saturated carbocycles. The van der Waals surface area contributed by atoms with Gasteiger partial charge >= 0.3 is 0 Å². The Morgan fingerprint density at radius 2 is 1.61 bits per heavy atom. The third-order valence-electron chi connectivity index (χ3n) is 5.89. The predicted molar refractivity (Wildman–Crippen MR) is 130 cm³/mol. The largest absolute Gasteiger partial charge is 0.496 e. The second-order valence-electron chi connectivity index (χ2n) is 8.18. The first kappa shape index (κ1) is 23.0. The van der Waals surface area contributed by atoms with Gasteiger partial charge in [0.05, 0.1) is 18.6 Å². The van der Waals surface area contributed by atoms with Crippen LogP contribution < -0.4 is 10.1 Å². The van der Waals surface area contributed by atoms with Gasteiger partial charge < -0.3 is 10.1 Å². The van der Waals surface area contributed by atoms with E-state index in [4.69, 9.17) is 4.74 Å². The molecule has 1 aliphatic heterocycles. The molecule has 1 amide bonds. The number of carbonyl (C=O) groups excluding carboxylic acids is 1. The molecule has 172 valence electrons. The van der Waals surface area contributed by atoms with E-state index in [0.29, 0.717) is 25.2 Å². The second-order valence-corrected chi connectivity index (χ2v) is 10.5. The number of amides is 1. The molecular formula is C26H28N2O4S. The molecule has 1 unspecified atom stereocenters. The third-order valence-corrected chi connectivity index (χ3v) is 7.50. The van der Waals surface area contributed by atoms with Crippen LogP contribution in [0.1, 0.15) is 22.7 Å². The normalized spacial score (nSPS) is 16.6. The lowest BCUT2D eigenvalue weighted by molar-refractivity contribution is -0.121. The van der Waals surface area contributed by atoms with Crippen molar-refractivity contribution in [3.8, 4) is 5.75 Å². The first-order valence-electron chi connectivity index (χ1n) is 11.0. The Hall–Kier alpha value is -3.16. The van der Waals surface area contributed by atoms with Crippen LogP contribution in [0.5, 0.6) is 5.75 Å². The zero-order chi connectivity index (χ0) is 23.3. The number of carbonyl (C=O) groups is 1. The predicted octanol–water partition coefficient (Wildman–Crippen LogP) is 3.70. The van der Waals surface area contributed by atoms with Crippen molar-refractivity contribution in [1.82, 2.24) is 4.90 Å². The van der Waals surface area contributed by atoms with E-state index in [1.165, 1.54) is 0 Å². The van der Waals surface area contributed by atoms with Gasteiger partial charge in [0.15, 0.2) is 9.84 Å². The summed E-state index contributed by atoms with van der Waals surface area (Å²) in [4.78, 5) is 15.4. The lowest BCUT2D eigenvalue weighted by atomic mass is 10.0. The molecule has 1 heterocycles. The number of anilines is 1. The van der Waals surface area contributed by atoms with Crippen LogP contribution in [0.15, 0.2) is 78.9 Å². The quantitative estimate of drug-likeness (QED) is 0.577. The maximum Gasteiger partial charge on any atom is 0.246 e. The Kier molecular flexibility index (Phi) is 7.11. The van der Waals surface area contributed by atoms with Gasteiger partial charge in [0.1, 0.15) is 11.8 Å². The fraction of sp³-hybridized carbons (Fsp3) is 0.269. The van der Waals surface area contributed by atoms with Gasteiger partial charge in [0.2, 0.25) is 5.91 Å². The molecule has 0 bridgehead atoms. The van der Waals surface area contributed by atoms with Crippen LogP contribution >= 0.6 is 0 Å². The molecule has 3 aromatic rings. The van der Waals surface area contributed by atoms with Gasteiger partial charge in [-0.1, -0.05) is 60.7 Å². The van der Waals surface area contributed by atoms with Crippen molar-refractivity contribution >= 4 is 21.4 Å². The van der Waals surface area contributed by atoms with Crippen LogP contribution in [0.2, 0.25) is 0 Å². The van der Waals surface area contributed by atoms with Crippen LogP contribution in [0, 0.1) is 0 Å². The van der Waals surface area contributed by atoms with Crippen LogP contribution in [0.3, 0.4) is 0 Å². The van der Waals surface area contributed by atoms with Crippen molar-refractivity contribution in [1.29, 1.82) is 0 Å². The molecule has 7 heteroatoms. The number of ether oxygens (including phenoxy) is 1. The summed E-state index contributed by atoms with van der Waals surface area (Å²) in [5.74, 6) is 0.704. The summed E-state index contributed by atoms with van der Waals surface area (Å²) in [7, 11) is -1.41. The Bertz CT molecular complexity index is 1180. The molecule has 1 atom stereocenters. The highest BCUT2D eigenvalue weighted by Gasteiger charge is 2.32. The van der Waals surface area contributed by atoms with Gasteiger partial charge in [0, 0.05) is 30.8 Å². The van der Waals surface area contributed by atoms with E-state index in [0.717, 1.165) is 22.4 Å². The minimum Gasteiger partial charge on any atom is -0.496 e. The summed E-state index contributed by atoms with van der Waals surface area (Å²) < 4.78 is 29.4. The van der Waals surface area contributed by atoms with Crippen LogP contribution in [-0.4, -0.2) is 50.9 Å². The summed E-state index contributed by atoms with van der Waals surface area (Å²) in [6, 6.07) is 24.6. The van der Waals surface area contributed by atoms with E-state index in [9.17, 15) is 13.2 Å². The standard InChI is InChI=1S/C26H28N2O4S/c1-32-24-13-12-23(19-22(24)18-20-8-4-2-5-9-20)27-26(29)25(21-10-6-3-7-11-21)28-14-16-33(30,31)17-15-28/h2-13,19,25H,14-18H2,1H3,(H,27,29). The van der Waals surface area contributed by atoms with Crippen LogP contribution in [0.25, 0.3) is 0 Å². The molecule has 0 radical (unpaired) electrons. The zero-order valence-electron chi connectivity index (χ0n) is 18.6. The van der Waals surface area contributed by atoms with E-state index >= 15 is 0 Å². The van der Waals surface area contributed by atoms with Crippen molar-refractivity contribution in [2.45, 2.75) is 12.5 Å². The maximum atomic E-state index is 13.5. The number of hydrogen-bond donors (Lipinski definition) is 1. The molecular weight excluding hydrogens is 436 g/mol. The number of nitrogens with zero attached hydrogens (tertiary/aromatic N) is 1. The van der Waals surface area contributed by atoms with Gasteiger partial charge in [-0.2, -0.15) is 0 Å². The average molecular weight is 465 g/mol. The fourth-order valence-electron chi connectivity index (χ4n) is 4.17. The highest BCUT2D eigenvalue weighted by atomic mass is 32.2. The lowest BCUT2D eigenvalue weighted by Crippen LogP contribution is -2.46. The van der Waals surface area contributed by atoms with Crippen molar-refractivity contribution < 1.29 is 17.9 Å². The lowest BCUT2D eigenvalue weighted by Gasteiger charge is -2.33. The number of nitrogens with one attached hydrogen (secondary N) is 1. The van der Waals surface area contributed by atoms with E-state index in [-0.39, 0.29) is 17.4 Å². The molecule has 1 aliphatic rings. The second kappa shape index (κ2) is 10.2. The first-order valence-corrected chi connectivity index (χ1v) is 12.8. The fourth-order valence-corrected chi connectivity index (χ4v) is 5.40. The van der Waals surface area contributed by atoms with E-state index < -0.39 is 15.9 Å². The molecule has 3 aromatic carbocycles. The molecule has 6 nitrogen and oxygen atoms in total. The average Bonchev–Trinajstić information content (AvgIpc) is 2.82. The van der Waals surface area contributed by atoms with Crippen LogP contribution in [-0.2, 0) is 21.1 Å². The van der Waals surface area contributed by atoms with Gasteiger partial charge in [-0.3, -0.25) is 9.69 Å². The number of methoxy groups -OCH3 is 1. The van der Waals surface area contributed by atoms with E-state index in [2.05, 4.69) is 17.4 Å². The molecule has 1 fully saturated rings. The number of hydrogen-bond acceptors (Lipinski definition) is 5. The Morgan fingerprint density at radius 1 is 0.970 bits per heavy atom. The minimum atomic E-state index is -3.05. The first-order chi connectivity index (χ1) is 15.9. The Morgan fingerprint density at radius 3 is 2.24 bits per heavy atom. The van der Waals surface area contributed by atoms with Crippen molar-refractivity contribution in [2.75, 3.05) is 37.0 Å². The molecule has 0 spiro atoms. The molecule has 0 aliphatic carbocycles. The Balaban J connectivity index is 1.58. The zero-order valence-corrected chi connectivity index (χ0v) is 19.4. The molecule has 1 N–H and O–H groups in total.